The molecule has 1 aromatic rings. The maximum absolute atomic E-state index is 11.2. The van der Waals surface area contributed by atoms with Gasteiger partial charge in [0.1, 0.15) is 0 Å². The summed E-state index contributed by atoms with van der Waals surface area (Å²) in [7, 11) is 0. The molecular formula is C11H19N3OS. The van der Waals surface area contributed by atoms with E-state index in [1.54, 1.807) is 11.8 Å². The molecule has 0 aromatic carbocycles. The molecule has 4 nitrogen and oxygen atoms in total. The molecule has 1 heterocycles. The molecular weight excluding hydrogens is 222 g/mol. The number of thioether (sulfide) groups is 1. The maximum Gasteiger partial charge on any atom is 0.251 e. The predicted octanol–water partition coefficient (Wildman–Crippen LogP) is 1.56. The van der Waals surface area contributed by atoms with Gasteiger partial charge in [0.15, 0.2) is 5.16 Å². The van der Waals surface area contributed by atoms with Crippen molar-refractivity contribution in [2.45, 2.75) is 38.4 Å². The van der Waals surface area contributed by atoms with Crippen molar-refractivity contribution in [1.82, 2.24) is 15.3 Å². The number of H-pyrrole nitrogens is 1. The summed E-state index contributed by atoms with van der Waals surface area (Å²) in [4.78, 5) is 18.1. The minimum atomic E-state index is -0.0845. The van der Waals surface area contributed by atoms with Gasteiger partial charge in [0, 0.05) is 29.6 Å². The van der Waals surface area contributed by atoms with Crippen molar-refractivity contribution in [1.29, 1.82) is 0 Å². The average Bonchev–Trinajstić information content (AvgIpc) is 2.09. The van der Waals surface area contributed by atoms with Crippen LogP contribution >= 0.6 is 11.8 Å². The van der Waals surface area contributed by atoms with E-state index in [1.807, 2.05) is 6.92 Å². The van der Waals surface area contributed by atoms with Crippen LogP contribution in [0.2, 0.25) is 0 Å². The molecule has 0 atom stereocenters. The maximum atomic E-state index is 11.2. The van der Waals surface area contributed by atoms with E-state index < -0.39 is 0 Å². The van der Waals surface area contributed by atoms with Crippen LogP contribution in [0.1, 0.15) is 26.5 Å². The SMILES string of the molecule is Cc1cc(=O)[nH]c(SCCNC(C)(C)C)n1. The fourth-order valence-electron chi connectivity index (χ4n) is 1.19. The van der Waals surface area contributed by atoms with Crippen LogP contribution in [0.4, 0.5) is 0 Å². The third-order valence-corrected chi connectivity index (χ3v) is 2.72. The number of nitrogens with one attached hydrogen (secondary N) is 2. The van der Waals surface area contributed by atoms with Gasteiger partial charge in [-0.05, 0) is 27.7 Å². The van der Waals surface area contributed by atoms with Gasteiger partial charge in [-0.2, -0.15) is 0 Å². The van der Waals surface area contributed by atoms with Gasteiger partial charge in [0.05, 0.1) is 0 Å². The monoisotopic (exact) mass is 241 g/mol. The number of aromatic nitrogens is 2. The van der Waals surface area contributed by atoms with E-state index in [1.165, 1.54) is 6.07 Å². The Labute approximate surface area is 100 Å². The van der Waals surface area contributed by atoms with Crippen LogP contribution in [-0.4, -0.2) is 27.8 Å². The highest BCUT2D eigenvalue weighted by molar-refractivity contribution is 7.99. The summed E-state index contributed by atoms with van der Waals surface area (Å²) in [6.45, 7) is 9.11. The smallest absolute Gasteiger partial charge is 0.251 e. The molecule has 0 aliphatic carbocycles. The minimum absolute atomic E-state index is 0.0845. The van der Waals surface area contributed by atoms with Gasteiger partial charge in [-0.25, -0.2) is 4.98 Å². The highest BCUT2D eigenvalue weighted by Crippen LogP contribution is 2.10. The number of aromatic amines is 1. The molecule has 5 heteroatoms. The number of rotatable bonds is 4. The zero-order valence-corrected chi connectivity index (χ0v) is 11.1. The van der Waals surface area contributed by atoms with Gasteiger partial charge in [0.25, 0.3) is 5.56 Å². The second-order valence-electron chi connectivity index (χ2n) is 4.72. The average molecular weight is 241 g/mol. The van der Waals surface area contributed by atoms with E-state index in [4.69, 9.17) is 0 Å². The number of hydrogen-bond donors (Lipinski definition) is 2. The molecule has 0 saturated heterocycles. The van der Waals surface area contributed by atoms with Crippen molar-refractivity contribution in [2.75, 3.05) is 12.3 Å². The second kappa shape index (κ2) is 5.50. The third-order valence-electron chi connectivity index (χ3n) is 1.84. The topological polar surface area (TPSA) is 57.8 Å². The molecule has 0 aliphatic rings. The quantitative estimate of drug-likeness (QED) is 0.477. The Morgan fingerprint density at radius 2 is 2.19 bits per heavy atom. The molecule has 0 aliphatic heterocycles. The Morgan fingerprint density at radius 3 is 2.75 bits per heavy atom. The fraction of sp³-hybridized carbons (Fsp3) is 0.636. The highest BCUT2D eigenvalue weighted by atomic mass is 32.2. The standard InChI is InChI=1S/C11H19N3OS/c1-8-7-9(15)14-10(13-8)16-6-5-12-11(2,3)4/h7,12H,5-6H2,1-4H3,(H,13,14,15). The summed E-state index contributed by atoms with van der Waals surface area (Å²) >= 11 is 1.56. The molecule has 0 spiro atoms. The van der Waals surface area contributed by atoms with Crippen molar-refractivity contribution in [3.05, 3.63) is 22.1 Å². The van der Waals surface area contributed by atoms with E-state index in [0.717, 1.165) is 18.0 Å². The van der Waals surface area contributed by atoms with Crippen LogP contribution in [0, 0.1) is 6.92 Å². The summed E-state index contributed by atoms with van der Waals surface area (Å²) in [5.74, 6) is 0.893. The number of aryl methyl sites for hydroxylation is 1. The van der Waals surface area contributed by atoms with Crippen molar-refractivity contribution >= 4 is 11.8 Å². The lowest BCUT2D eigenvalue weighted by Crippen LogP contribution is -2.37. The first kappa shape index (κ1) is 13.3. The van der Waals surface area contributed by atoms with E-state index in [0.29, 0.717) is 5.16 Å². The molecule has 0 unspecified atom stereocenters. The minimum Gasteiger partial charge on any atom is -0.311 e. The van der Waals surface area contributed by atoms with E-state index in [-0.39, 0.29) is 11.1 Å². The third kappa shape index (κ3) is 5.32. The molecule has 0 saturated carbocycles. The molecule has 0 fully saturated rings. The Bertz CT molecular complexity index is 395. The lowest BCUT2D eigenvalue weighted by atomic mass is 10.1. The van der Waals surface area contributed by atoms with Gasteiger partial charge in [0.2, 0.25) is 0 Å². The first-order valence-corrected chi connectivity index (χ1v) is 6.31. The summed E-state index contributed by atoms with van der Waals surface area (Å²) in [5, 5.41) is 4.08. The van der Waals surface area contributed by atoms with Crippen molar-refractivity contribution in [3.63, 3.8) is 0 Å². The van der Waals surface area contributed by atoms with Crippen molar-refractivity contribution in [2.24, 2.45) is 0 Å². The summed E-state index contributed by atoms with van der Waals surface area (Å²) in [5.41, 5.74) is 0.808. The van der Waals surface area contributed by atoms with Gasteiger partial charge >= 0.3 is 0 Å². The lowest BCUT2D eigenvalue weighted by Gasteiger charge is -2.20. The normalized spacial score (nSPS) is 11.8. The highest BCUT2D eigenvalue weighted by Gasteiger charge is 2.07. The van der Waals surface area contributed by atoms with Crippen LogP contribution < -0.4 is 10.9 Å². The molecule has 16 heavy (non-hydrogen) atoms. The molecule has 90 valence electrons. The summed E-state index contributed by atoms with van der Waals surface area (Å²) in [6, 6.07) is 1.50. The van der Waals surface area contributed by atoms with Gasteiger partial charge in [-0.15, -0.1) is 0 Å². The van der Waals surface area contributed by atoms with Crippen LogP contribution in [-0.2, 0) is 0 Å². The molecule has 0 bridgehead atoms. The van der Waals surface area contributed by atoms with Crippen LogP contribution in [0.15, 0.2) is 16.0 Å². The summed E-state index contributed by atoms with van der Waals surface area (Å²) < 4.78 is 0. The summed E-state index contributed by atoms with van der Waals surface area (Å²) in [6.07, 6.45) is 0. The van der Waals surface area contributed by atoms with E-state index in [9.17, 15) is 4.79 Å². The predicted molar refractivity (Wildman–Crippen MR) is 68.1 cm³/mol. The molecule has 1 rings (SSSR count). The van der Waals surface area contributed by atoms with E-state index in [2.05, 4.69) is 36.1 Å². The molecule has 1 aromatic heterocycles. The van der Waals surface area contributed by atoms with Gasteiger partial charge < -0.3 is 10.3 Å². The first-order valence-electron chi connectivity index (χ1n) is 5.33. The van der Waals surface area contributed by atoms with Gasteiger partial charge in [-0.3, -0.25) is 4.79 Å². The van der Waals surface area contributed by atoms with Crippen LogP contribution in [0.25, 0.3) is 0 Å². The fourth-order valence-corrected chi connectivity index (χ4v) is 1.97. The van der Waals surface area contributed by atoms with Gasteiger partial charge in [-0.1, -0.05) is 11.8 Å². The molecule has 0 radical (unpaired) electrons. The first-order chi connectivity index (χ1) is 7.37. The zero-order valence-electron chi connectivity index (χ0n) is 10.3. The number of hydrogen-bond acceptors (Lipinski definition) is 4. The molecule has 2 N–H and O–H groups in total. The molecule has 0 amide bonds. The van der Waals surface area contributed by atoms with Crippen molar-refractivity contribution in [3.8, 4) is 0 Å². The Morgan fingerprint density at radius 1 is 1.50 bits per heavy atom. The van der Waals surface area contributed by atoms with E-state index >= 15 is 0 Å². The van der Waals surface area contributed by atoms with Crippen LogP contribution in [0.5, 0.6) is 0 Å². The van der Waals surface area contributed by atoms with Crippen molar-refractivity contribution < 1.29 is 0 Å². The van der Waals surface area contributed by atoms with Crippen LogP contribution in [0.3, 0.4) is 0 Å². The number of nitrogens with zero attached hydrogens (tertiary/aromatic N) is 1. The lowest BCUT2D eigenvalue weighted by molar-refractivity contribution is 0.441. The zero-order chi connectivity index (χ0) is 12.2. The Hall–Kier alpha value is -0.810. The second-order valence-corrected chi connectivity index (χ2v) is 5.80. The largest absolute Gasteiger partial charge is 0.311 e. The Balaban J connectivity index is 2.40. The Kier molecular flexibility index (Phi) is 4.56.